The number of rotatable bonds is 7. The van der Waals surface area contributed by atoms with Crippen LogP contribution in [0.4, 0.5) is 0 Å². The van der Waals surface area contributed by atoms with Gasteiger partial charge in [0.25, 0.3) is 0 Å². The summed E-state index contributed by atoms with van der Waals surface area (Å²) in [6.45, 7) is 8.28. The van der Waals surface area contributed by atoms with Crippen LogP contribution >= 0.6 is 0 Å². The van der Waals surface area contributed by atoms with Gasteiger partial charge in [-0.15, -0.1) is 0 Å². The topological polar surface area (TPSA) is 98.5 Å². The van der Waals surface area contributed by atoms with Crippen LogP contribution in [0.5, 0.6) is 5.75 Å². The molecule has 7 nitrogen and oxygen atoms in total. The van der Waals surface area contributed by atoms with Gasteiger partial charge in [-0.3, -0.25) is 4.84 Å². The van der Waals surface area contributed by atoms with Gasteiger partial charge in [0, 0.05) is 0 Å². The van der Waals surface area contributed by atoms with E-state index in [0.29, 0.717) is 6.61 Å². The molecular formula is C17H27N5O2. The molecule has 0 bridgehead atoms. The van der Waals surface area contributed by atoms with Crippen molar-refractivity contribution in [1.29, 1.82) is 0 Å². The first-order valence-corrected chi connectivity index (χ1v) is 8.16. The summed E-state index contributed by atoms with van der Waals surface area (Å²) < 4.78 is 5.64. The molecule has 1 aliphatic rings. The molecule has 0 aliphatic carbocycles. The first-order chi connectivity index (χ1) is 11.3. The number of guanidine groups is 2. The third-order valence-electron chi connectivity index (χ3n) is 3.45. The summed E-state index contributed by atoms with van der Waals surface area (Å²) in [6.07, 6.45) is 1.93. The number of aryl methyl sites for hydroxylation is 1. The lowest BCUT2D eigenvalue weighted by molar-refractivity contribution is -0.157. The van der Waals surface area contributed by atoms with E-state index in [9.17, 15) is 0 Å². The van der Waals surface area contributed by atoms with Crippen molar-refractivity contribution < 1.29 is 9.57 Å². The number of aliphatic imine (C=N–C) groups is 2. The van der Waals surface area contributed by atoms with Gasteiger partial charge in [0.1, 0.15) is 5.75 Å². The molecule has 0 radical (unpaired) electrons. The Labute approximate surface area is 143 Å². The zero-order valence-electron chi connectivity index (χ0n) is 14.8. The zero-order chi connectivity index (χ0) is 17.7. The molecule has 24 heavy (non-hydrogen) atoms. The lowest BCUT2D eigenvalue weighted by Crippen LogP contribution is -2.53. The van der Waals surface area contributed by atoms with Crippen molar-refractivity contribution in [3.8, 4) is 5.75 Å². The van der Waals surface area contributed by atoms with Crippen molar-refractivity contribution in [2.45, 2.75) is 52.3 Å². The first kappa shape index (κ1) is 18.1. The van der Waals surface area contributed by atoms with E-state index in [-0.39, 0.29) is 18.0 Å². The molecule has 1 aromatic carbocycles. The number of benzene rings is 1. The molecule has 1 aromatic rings. The molecule has 0 amide bonds. The second-order valence-corrected chi connectivity index (χ2v) is 6.48. The SMILES string of the molecule is CC(C)Oc1ccc(CCCON2C(N)=NC(N)=NC2(C)C)cc1. The normalized spacial score (nSPS) is 16.8. The molecule has 0 aromatic heterocycles. The van der Waals surface area contributed by atoms with Gasteiger partial charge >= 0.3 is 0 Å². The summed E-state index contributed by atoms with van der Waals surface area (Å²) in [7, 11) is 0. The van der Waals surface area contributed by atoms with Crippen LogP contribution in [0.15, 0.2) is 34.3 Å². The van der Waals surface area contributed by atoms with Crippen LogP contribution in [0.2, 0.25) is 0 Å². The number of ether oxygens (including phenoxy) is 1. The molecule has 0 spiro atoms. The Hall–Kier alpha value is -2.28. The van der Waals surface area contributed by atoms with Crippen LogP contribution in [-0.4, -0.2) is 35.4 Å². The average Bonchev–Trinajstić information content (AvgIpc) is 2.45. The molecule has 0 unspecified atom stereocenters. The highest BCUT2D eigenvalue weighted by Gasteiger charge is 2.32. The minimum Gasteiger partial charge on any atom is -0.491 e. The quantitative estimate of drug-likeness (QED) is 0.744. The predicted molar refractivity (Wildman–Crippen MR) is 95.6 cm³/mol. The van der Waals surface area contributed by atoms with Crippen LogP contribution in [0.25, 0.3) is 0 Å². The molecule has 7 heteroatoms. The molecular weight excluding hydrogens is 306 g/mol. The molecule has 2 rings (SSSR count). The van der Waals surface area contributed by atoms with Crippen LogP contribution < -0.4 is 16.2 Å². The fourth-order valence-electron chi connectivity index (χ4n) is 2.46. The van der Waals surface area contributed by atoms with Gasteiger partial charge in [0.15, 0.2) is 5.66 Å². The summed E-state index contributed by atoms with van der Waals surface area (Å²) in [6, 6.07) is 8.13. The zero-order valence-corrected chi connectivity index (χ0v) is 14.8. The van der Waals surface area contributed by atoms with Gasteiger partial charge in [-0.1, -0.05) is 12.1 Å². The average molecular weight is 333 g/mol. The van der Waals surface area contributed by atoms with Crippen LogP contribution in [-0.2, 0) is 11.3 Å². The molecule has 4 N–H and O–H groups in total. The van der Waals surface area contributed by atoms with Gasteiger partial charge in [-0.25, -0.2) is 4.99 Å². The van der Waals surface area contributed by atoms with Crippen LogP contribution in [0, 0.1) is 0 Å². The smallest absolute Gasteiger partial charge is 0.226 e. The minimum atomic E-state index is -0.661. The lowest BCUT2D eigenvalue weighted by atomic mass is 10.1. The number of nitrogens with two attached hydrogens (primary N) is 2. The van der Waals surface area contributed by atoms with Crippen LogP contribution in [0.1, 0.15) is 39.7 Å². The first-order valence-electron chi connectivity index (χ1n) is 8.16. The van der Waals surface area contributed by atoms with E-state index in [1.165, 1.54) is 10.6 Å². The Balaban J connectivity index is 1.80. The number of hydrogen-bond acceptors (Lipinski definition) is 7. The van der Waals surface area contributed by atoms with E-state index in [2.05, 4.69) is 22.1 Å². The Morgan fingerprint density at radius 2 is 1.83 bits per heavy atom. The maximum Gasteiger partial charge on any atom is 0.226 e. The predicted octanol–water partition coefficient (Wildman–Crippen LogP) is 2.02. The number of nitrogens with zero attached hydrogens (tertiary/aromatic N) is 3. The van der Waals surface area contributed by atoms with Crippen molar-refractivity contribution in [1.82, 2.24) is 5.06 Å². The molecule has 0 saturated heterocycles. The second-order valence-electron chi connectivity index (χ2n) is 6.48. The molecule has 0 atom stereocenters. The molecule has 0 saturated carbocycles. The van der Waals surface area contributed by atoms with E-state index < -0.39 is 5.66 Å². The van der Waals surface area contributed by atoms with Gasteiger partial charge in [-0.05, 0) is 58.2 Å². The molecule has 1 aliphatic heterocycles. The summed E-state index contributed by atoms with van der Waals surface area (Å²) >= 11 is 0. The maximum absolute atomic E-state index is 5.87. The highest BCUT2D eigenvalue weighted by atomic mass is 16.7. The van der Waals surface area contributed by atoms with Gasteiger partial charge < -0.3 is 16.2 Å². The van der Waals surface area contributed by atoms with Gasteiger partial charge in [0.2, 0.25) is 11.9 Å². The van der Waals surface area contributed by atoms with Crippen LogP contribution in [0.3, 0.4) is 0 Å². The van der Waals surface area contributed by atoms with E-state index in [1.807, 2.05) is 39.8 Å². The Kier molecular flexibility index (Phi) is 5.66. The molecule has 1 heterocycles. The van der Waals surface area contributed by atoms with E-state index in [4.69, 9.17) is 21.0 Å². The van der Waals surface area contributed by atoms with E-state index in [1.54, 1.807) is 0 Å². The number of hydroxylamine groups is 2. The second kappa shape index (κ2) is 7.53. The minimum absolute atomic E-state index is 0.168. The molecule has 0 fully saturated rings. The van der Waals surface area contributed by atoms with Crippen molar-refractivity contribution in [2.24, 2.45) is 21.5 Å². The third kappa shape index (κ3) is 4.86. The van der Waals surface area contributed by atoms with E-state index >= 15 is 0 Å². The fourth-order valence-corrected chi connectivity index (χ4v) is 2.46. The molecule has 132 valence electrons. The monoisotopic (exact) mass is 333 g/mol. The number of hydrogen-bond donors (Lipinski definition) is 2. The Bertz CT molecular complexity index is 608. The van der Waals surface area contributed by atoms with Gasteiger partial charge in [-0.2, -0.15) is 10.1 Å². The summed E-state index contributed by atoms with van der Waals surface area (Å²) in [5.41, 5.74) is 12.1. The summed E-state index contributed by atoms with van der Waals surface area (Å²) in [5, 5.41) is 1.50. The fraction of sp³-hybridized carbons (Fsp3) is 0.529. The maximum atomic E-state index is 5.87. The van der Waals surface area contributed by atoms with Crippen molar-refractivity contribution in [3.63, 3.8) is 0 Å². The summed E-state index contributed by atoms with van der Waals surface area (Å²) in [4.78, 5) is 13.9. The van der Waals surface area contributed by atoms with Crippen molar-refractivity contribution >= 4 is 11.9 Å². The standard InChI is InChI=1S/C17H27N5O2/c1-12(2)24-14-9-7-13(8-10-14)6-5-11-23-22-16(19)20-15(18)21-17(22,3)4/h7-10,12H,5-6,11H2,1-4H3,(H4,18,19,20,21). The highest BCUT2D eigenvalue weighted by Crippen LogP contribution is 2.20. The summed E-state index contributed by atoms with van der Waals surface area (Å²) in [5.74, 6) is 1.28. The van der Waals surface area contributed by atoms with Gasteiger partial charge in [0.05, 0.1) is 12.7 Å². The lowest BCUT2D eigenvalue weighted by Gasteiger charge is -2.36. The van der Waals surface area contributed by atoms with Crippen molar-refractivity contribution in [2.75, 3.05) is 6.61 Å². The van der Waals surface area contributed by atoms with E-state index in [0.717, 1.165) is 18.6 Å². The van der Waals surface area contributed by atoms with Crippen molar-refractivity contribution in [3.05, 3.63) is 29.8 Å². The largest absolute Gasteiger partial charge is 0.491 e. The highest BCUT2D eigenvalue weighted by molar-refractivity contribution is 5.95. The third-order valence-corrected chi connectivity index (χ3v) is 3.45. The Morgan fingerprint density at radius 3 is 2.42 bits per heavy atom. The Morgan fingerprint density at radius 1 is 1.17 bits per heavy atom.